The van der Waals surface area contributed by atoms with Gasteiger partial charge in [-0.05, 0) is 42.7 Å². The second-order valence-corrected chi connectivity index (χ2v) is 8.90. The van der Waals surface area contributed by atoms with Crippen molar-refractivity contribution in [3.63, 3.8) is 0 Å². The minimum atomic E-state index is -0.277. The van der Waals surface area contributed by atoms with Gasteiger partial charge in [-0.3, -0.25) is 4.79 Å². The largest absolute Gasteiger partial charge is 0.467 e. The molecule has 0 saturated heterocycles. The second-order valence-electron chi connectivity index (χ2n) is 6.33. The molecule has 1 aromatic carbocycles. The molecule has 2 N–H and O–H groups in total. The van der Waals surface area contributed by atoms with Crippen LogP contribution < -0.4 is 10.6 Å². The van der Waals surface area contributed by atoms with Gasteiger partial charge in [0.1, 0.15) is 5.76 Å². The third-order valence-electron chi connectivity index (χ3n) is 3.89. The highest BCUT2D eigenvalue weighted by molar-refractivity contribution is 8.02. The Balaban J connectivity index is 1.50. The molecule has 0 aliphatic heterocycles. The first-order valence-corrected chi connectivity index (χ1v) is 10.4. The smallest absolute Gasteiger partial charge is 0.237 e. The first-order valence-electron chi connectivity index (χ1n) is 8.68. The minimum Gasteiger partial charge on any atom is -0.467 e. The molecule has 3 aromatic rings. The summed E-state index contributed by atoms with van der Waals surface area (Å²) in [6.45, 7) is 6.70. The third kappa shape index (κ3) is 5.58. The predicted octanol–water partition coefficient (Wildman–Crippen LogP) is 4.99. The number of hydrogen-bond acceptors (Lipinski definition) is 7. The van der Waals surface area contributed by atoms with E-state index in [0.717, 1.165) is 15.8 Å². The molecule has 0 saturated carbocycles. The number of carbonyl (C=O) groups is 1. The fourth-order valence-electron chi connectivity index (χ4n) is 2.30. The summed E-state index contributed by atoms with van der Waals surface area (Å²) in [5, 5.41) is 14.8. The van der Waals surface area contributed by atoms with Gasteiger partial charge in [0.05, 0.1) is 18.1 Å². The van der Waals surface area contributed by atoms with Gasteiger partial charge in [0.15, 0.2) is 4.34 Å². The van der Waals surface area contributed by atoms with Crippen LogP contribution in [0.3, 0.4) is 0 Å². The maximum atomic E-state index is 12.4. The van der Waals surface area contributed by atoms with Gasteiger partial charge >= 0.3 is 0 Å². The molecule has 1 atom stereocenters. The molecule has 142 valence electrons. The molecular weight excluding hydrogens is 380 g/mol. The van der Waals surface area contributed by atoms with Crippen molar-refractivity contribution in [1.82, 2.24) is 10.2 Å². The third-order valence-corrected chi connectivity index (χ3v) is 5.96. The van der Waals surface area contributed by atoms with Crippen molar-refractivity contribution < 1.29 is 9.21 Å². The molecule has 0 fully saturated rings. The number of thioether (sulfide) groups is 1. The quantitative estimate of drug-likeness (QED) is 0.517. The summed E-state index contributed by atoms with van der Waals surface area (Å²) in [7, 11) is 0. The van der Waals surface area contributed by atoms with E-state index >= 15 is 0 Å². The lowest BCUT2D eigenvalue weighted by atomic mass is 10.0. The number of nitrogens with zero attached hydrogens (tertiary/aromatic N) is 2. The van der Waals surface area contributed by atoms with E-state index in [0.29, 0.717) is 17.6 Å². The van der Waals surface area contributed by atoms with Crippen molar-refractivity contribution in [1.29, 1.82) is 0 Å². The van der Waals surface area contributed by atoms with E-state index in [1.165, 1.54) is 28.7 Å². The summed E-state index contributed by atoms with van der Waals surface area (Å²) >= 11 is 2.81. The monoisotopic (exact) mass is 402 g/mol. The van der Waals surface area contributed by atoms with Crippen LogP contribution in [0, 0.1) is 0 Å². The molecular formula is C19H22N4O2S2. The normalized spacial score (nSPS) is 12.1. The zero-order chi connectivity index (χ0) is 19.2. The van der Waals surface area contributed by atoms with Gasteiger partial charge in [-0.15, -0.1) is 10.2 Å². The molecule has 27 heavy (non-hydrogen) atoms. The van der Waals surface area contributed by atoms with Crippen LogP contribution in [0.4, 0.5) is 10.8 Å². The molecule has 0 aliphatic rings. The molecule has 8 heteroatoms. The van der Waals surface area contributed by atoms with Crippen LogP contribution in [-0.2, 0) is 11.3 Å². The zero-order valence-corrected chi connectivity index (χ0v) is 17.1. The van der Waals surface area contributed by atoms with Crippen LogP contribution >= 0.6 is 23.1 Å². The van der Waals surface area contributed by atoms with Crippen LogP contribution in [0.5, 0.6) is 0 Å². The van der Waals surface area contributed by atoms with Gasteiger partial charge in [-0.25, -0.2) is 0 Å². The van der Waals surface area contributed by atoms with E-state index in [-0.39, 0.29) is 11.2 Å². The van der Waals surface area contributed by atoms with E-state index in [4.69, 9.17) is 4.42 Å². The van der Waals surface area contributed by atoms with Gasteiger partial charge in [-0.2, -0.15) is 0 Å². The average Bonchev–Trinajstić information content (AvgIpc) is 3.32. The average molecular weight is 403 g/mol. The summed E-state index contributed by atoms with van der Waals surface area (Å²) in [5.41, 5.74) is 2.05. The summed E-state index contributed by atoms with van der Waals surface area (Å²) in [6.07, 6.45) is 1.63. The Bertz CT molecular complexity index is 860. The first-order chi connectivity index (χ1) is 13.0. The Hall–Kier alpha value is -2.32. The van der Waals surface area contributed by atoms with Crippen LogP contribution in [0.15, 0.2) is 51.4 Å². The Labute approximate surface area is 166 Å². The predicted molar refractivity (Wildman–Crippen MR) is 110 cm³/mol. The van der Waals surface area contributed by atoms with Gasteiger partial charge in [-0.1, -0.05) is 49.1 Å². The van der Waals surface area contributed by atoms with Gasteiger partial charge in [0.25, 0.3) is 0 Å². The number of carbonyl (C=O) groups excluding carboxylic acids is 1. The lowest BCUT2D eigenvalue weighted by Gasteiger charge is -2.11. The van der Waals surface area contributed by atoms with E-state index in [2.05, 4.69) is 34.7 Å². The molecule has 0 spiro atoms. The van der Waals surface area contributed by atoms with Crippen LogP contribution in [0.1, 0.15) is 38.0 Å². The Morgan fingerprint density at radius 2 is 1.96 bits per heavy atom. The van der Waals surface area contributed by atoms with Crippen molar-refractivity contribution in [2.45, 2.75) is 42.8 Å². The number of furan rings is 1. The summed E-state index contributed by atoms with van der Waals surface area (Å²) < 4.78 is 6.02. The Morgan fingerprint density at radius 1 is 1.19 bits per heavy atom. The molecule has 0 bridgehead atoms. The molecule has 0 unspecified atom stereocenters. The Morgan fingerprint density at radius 3 is 2.63 bits per heavy atom. The number of anilines is 2. The van der Waals surface area contributed by atoms with Crippen molar-refractivity contribution in [2.24, 2.45) is 0 Å². The first kappa shape index (κ1) is 19.4. The van der Waals surface area contributed by atoms with E-state index in [1.807, 2.05) is 43.3 Å². The molecule has 0 aliphatic carbocycles. The topological polar surface area (TPSA) is 80.0 Å². The maximum absolute atomic E-state index is 12.4. The van der Waals surface area contributed by atoms with Crippen molar-refractivity contribution in [3.8, 4) is 0 Å². The van der Waals surface area contributed by atoms with Gasteiger partial charge in [0, 0.05) is 5.69 Å². The highest BCUT2D eigenvalue weighted by atomic mass is 32.2. The SMILES string of the molecule is CC(C)c1ccc(NC(=O)[C@H](C)Sc2nnc(NCc3ccco3)s2)cc1. The number of rotatable bonds is 8. The van der Waals surface area contributed by atoms with Gasteiger partial charge < -0.3 is 15.1 Å². The fraction of sp³-hybridized carbons (Fsp3) is 0.316. The number of nitrogens with one attached hydrogen (secondary N) is 2. The molecule has 6 nitrogen and oxygen atoms in total. The van der Waals surface area contributed by atoms with E-state index in [1.54, 1.807) is 6.26 Å². The number of hydrogen-bond donors (Lipinski definition) is 2. The number of amides is 1. The standard InChI is InChI=1S/C19H22N4O2S2/c1-12(2)14-6-8-15(9-7-14)21-17(24)13(3)26-19-23-22-18(27-19)20-11-16-5-4-10-25-16/h4-10,12-13H,11H2,1-3H3,(H,20,22)(H,21,24)/t13-/m0/s1. The maximum Gasteiger partial charge on any atom is 0.237 e. The summed E-state index contributed by atoms with van der Waals surface area (Å²) in [4.78, 5) is 12.4. The van der Waals surface area contributed by atoms with Crippen LogP contribution in [0.2, 0.25) is 0 Å². The van der Waals surface area contributed by atoms with Crippen molar-refractivity contribution in [3.05, 3.63) is 54.0 Å². The lowest BCUT2D eigenvalue weighted by Crippen LogP contribution is -2.22. The molecule has 3 rings (SSSR count). The Kier molecular flexibility index (Phi) is 6.52. The van der Waals surface area contributed by atoms with Crippen molar-refractivity contribution >= 4 is 39.8 Å². The lowest BCUT2D eigenvalue weighted by molar-refractivity contribution is -0.115. The second kappa shape index (κ2) is 9.05. The van der Waals surface area contributed by atoms with Crippen molar-refractivity contribution in [2.75, 3.05) is 10.6 Å². The van der Waals surface area contributed by atoms with Crippen LogP contribution in [0.25, 0.3) is 0 Å². The highest BCUT2D eigenvalue weighted by Crippen LogP contribution is 2.29. The minimum absolute atomic E-state index is 0.0578. The highest BCUT2D eigenvalue weighted by Gasteiger charge is 2.17. The number of benzene rings is 1. The molecule has 2 heterocycles. The summed E-state index contributed by atoms with van der Waals surface area (Å²) in [5.74, 6) is 1.24. The number of aromatic nitrogens is 2. The van der Waals surface area contributed by atoms with E-state index < -0.39 is 0 Å². The molecule has 0 radical (unpaired) electrons. The van der Waals surface area contributed by atoms with E-state index in [9.17, 15) is 4.79 Å². The van der Waals surface area contributed by atoms with Crippen LogP contribution in [-0.4, -0.2) is 21.4 Å². The summed E-state index contributed by atoms with van der Waals surface area (Å²) in [6, 6.07) is 11.7. The fourth-order valence-corrected chi connectivity index (χ4v) is 4.20. The zero-order valence-electron chi connectivity index (χ0n) is 15.4. The molecule has 2 aromatic heterocycles. The van der Waals surface area contributed by atoms with Gasteiger partial charge in [0.2, 0.25) is 11.0 Å². The molecule has 1 amide bonds.